The number of hydrogen-bond acceptors (Lipinski definition) is 8. The fraction of sp³-hybridized carbons (Fsp3) is 0.424. The van der Waals surface area contributed by atoms with Crippen LogP contribution in [0.2, 0.25) is 5.02 Å². The second-order valence-corrected chi connectivity index (χ2v) is 11.0. The zero-order valence-corrected chi connectivity index (χ0v) is 28.8. The summed E-state index contributed by atoms with van der Waals surface area (Å²) in [5.41, 5.74) is 0.186. The smallest absolute Gasteiger partial charge is 0.387 e. The third-order valence-corrected chi connectivity index (χ3v) is 7.99. The lowest BCUT2D eigenvalue weighted by molar-refractivity contribution is -0.122. The number of rotatable bonds is 8. The van der Waals surface area contributed by atoms with Crippen molar-refractivity contribution >= 4 is 41.9 Å². The summed E-state index contributed by atoms with van der Waals surface area (Å²) in [6, 6.07) is 6.96. The Morgan fingerprint density at radius 2 is 1.76 bits per heavy atom. The first kappa shape index (κ1) is 41.6. The van der Waals surface area contributed by atoms with Crippen LogP contribution < -0.4 is 20.7 Å². The summed E-state index contributed by atoms with van der Waals surface area (Å²) in [7, 11) is 3.40. The number of amides is 2. The highest BCUT2D eigenvalue weighted by molar-refractivity contribution is 6.34. The van der Waals surface area contributed by atoms with Crippen molar-refractivity contribution in [3.8, 4) is 17.0 Å². The first-order valence-electron chi connectivity index (χ1n) is 15.7. The number of piperidine rings is 1. The summed E-state index contributed by atoms with van der Waals surface area (Å²) in [6.45, 7) is 3.63. The largest absolute Gasteiger partial charge is 0.483 e. The van der Waals surface area contributed by atoms with Gasteiger partial charge in [0.05, 0.1) is 22.5 Å². The highest BCUT2D eigenvalue weighted by Gasteiger charge is 2.26. The molecule has 0 aliphatic carbocycles. The predicted molar refractivity (Wildman–Crippen MR) is 180 cm³/mol. The van der Waals surface area contributed by atoms with E-state index in [1.165, 1.54) is 42.8 Å². The average Bonchev–Trinajstić information content (AvgIpc) is 3.78. The molecule has 0 unspecified atom stereocenters. The summed E-state index contributed by atoms with van der Waals surface area (Å²) in [5, 5.41) is 16.0. The molecule has 2 saturated heterocycles. The SMILES string of the molecule is CC.CN[C@@H]1CCNC1.Cn1c(-c2ccc(OC(F)F)c(F)c2F)cnc1C(=O)Nc1ccc(C(=O)N2CCC(C=O)CC2)c(Cl)c1.O=CO. The summed E-state index contributed by atoms with van der Waals surface area (Å²) in [4.78, 5) is 50.5. The lowest BCUT2D eigenvalue weighted by Crippen LogP contribution is -2.38. The molecule has 0 radical (unpaired) electrons. The molecule has 17 heteroatoms. The molecular weight excluding hydrogens is 688 g/mol. The number of carboxylic acid groups (broad SMARTS) is 1. The van der Waals surface area contributed by atoms with E-state index in [0.717, 1.165) is 37.2 Å². The molecule has 3 heterocycles. The van der Waals surface area contributed by atoms with E-state index in [0.29, 0.717) is 25.9 Å². The van der Waals surface area contributed by atoms with Crippen molar-refractivity contribution in [1.82, 2.24) is 25.1 Å². The van der Waals surface area contributed by atoms with Crippen LogP contribution in [0.3, 0.4) is 0 Å². The Balaban J connectivity index is 0.000000619. The van der Waals surface area contributed by atoms with Gasteiger partial charge in [-0.1, -0.05) is 25.4 Å². The van der Waals surface area contributed by atoms with Crippen molar-refractivity contribution in [2.75, 3.05) is 38.5 Å². The third-order valence-electron chi connectivity index (χ3n) is 7.68. The van der Waals surface area contributed by atoms with Gasteiger partial charge in [0.15, 0.2) is 17.4 Å². The minimum absolute atomic E-state index is 0.00692. The quantitative estimate of drug-likeness (QED) is 0.181. The molecule has 274 valence electrons. The summed E-state index contributed by atoms with van der Waals surface area (Å²) in [5.74, 6) is -5.22. The topological polar surface area (TPSA) is 155 Å². The number of carbonyl (C=O) groups excluding carboxylic acids is 3. The number of carbonyl (C=O) groups is 4. The van der Waals surface area contributed by atoms with E-state index in [1.54, 1.807) is 4.90 Å². The van der Waals surface area contributed by atoms with Gasteiger partial charge in [0.25, 0.3) is 18.3 Å². The number of anilines is 1. The molecule has 0 bridgehead atoms. The molecule has 2 fully saturated rings. The van der Waals surface area contributed by atoms with Crippen molar-refractivity contribution < 1.29 is 46.6 Å². The van der Waals surface area contributed by atoms with Crippen LogP contribution in [0.1, 0.15) is 54.1 Å². The van der Waals surface area contributed by atoms with Gasteiger partial charge in [0.1, 0.15) is 6.29 Å². The number of aromatic nitrogens is 2. The standard InChI is InChI=1S/C25H21ClF4N4O4.C5H12N2.C2H6.CH2O2/c1-33-18(16-4-5-19(38-25(29)30)21(28)20(16)27)11-31-22(33)23(36)32-14-2-3-15(17(26)10-14)24(37)34-8-6-13(12-35)7-9-34;1-6-5-2-3-7-4-5;1-2;2-1-3/h2-5,10-13,25H,6-9H2,1H3,(H,32,36);5-7H,2-4H2,1H3;1-2H3;1H,(H,2,3)/t;5-;;/m.1../s1. The van der Waals surface area contributed by atoms with E-state index in [9.17, 15) is 31.9 Å². The molecule has 12 nitrogen and oxygen atoms in total. The van der Waals surface area contributed by atoms with Crippen molar-refractivity contribution in [3.05, 3.63) is 64.6 Å². The first-order chi connectivity index (χ1) is 23.9. The normalized spacial score (nSPS) is 15.4. The number of ether oxygens (including phenoxy) is 1. The summed E-state index contributed by atoms with van der Waals surface area (Å²) < 4.78 is 58.6. The Kier molecular flexibility index (Phi) is 17.4. The summed E-state index contributed by atoms with van der Waals surface area (Å²) >= 11 is 6.31. The van der Waals surface area contributed by atoms with Gasteiger partial charge in [-0.25, -0.2) is 9.37 Å². The Hall–Kier alpha value is -4.54. The highest BCUT2D eigenvalue weighted by atomic mass is 35.5. The lowest BCUT2D eigenvalue weighted by Gasteiger charge is -2.30. The molecule has 5 rings (SSSR count). The van der Waals surface area contributed by atoms with E-state index < -0.39 is 29.9 Å². The number of imidazole rings is 1. The van der Waals surface area contributed by atoms with E-state index in [-0.39, 0.29) is 51.7 Å². The monoisotopic (exact) mass is 728 g/mol. The van der Waals surface area contributed by atoms with Crippen LogP contribution in [0.5, 0.6) is 5.75 Å². The van der Waals surface area contributed by atoms with Gasteiger partial charge in [-0.05, 0) is 63.2 Å². The van der Waals surface area contributed by atoms with Crippen LogP contribution in [-0.4, -0.2) is 90.0 Å². The van der Waals surface area contributed by atoms with E-state index in [2.05, 4.69) is 25.7 Å². The van der Waals surface area contributed by atoms with Gasteiger partial charge >= 0.3 is 6.61 Å². The van der Waals surface area contributed by atoms with Crippen LogP contribution in [-0.2, 0) is 16.6 Å². The molecule has 3 aromatic rings. The second-order valence-electron chi connectivity index (χ2n) is 10.6. The molecule has 2 aliphatic rings. The van der Waals surface area contributed by atoms with Crippen LogP contribution >= 0.6 is 11.6 Å². The lowest BCUT2D eigenvalue weighted by atomic mass is 9.98. The number of benzene rings is 2. The van der Waals surface area contributed by atoms with Crippen molar-refractivity contribution in [2.24, 2.45) is 13.0 Å². The zero-order chi connectivity index (χ0) is 37.4. The van der Waals surface area contributed by atoms with E-state index in [1.807, 2.05) is 20.9 Å². The molecule has 2 amide bonds. The number of hydrogen-bond donors (Lipinski definition) is 4. The maximum atomic E-state index is 14.6. The van der Waals surface area contributed by atoms with Crippen molar-refractivity contribution in [2.45, 2.75) is 45.8 Å². The number of likely N-dealkylation sites (N-methyl/N-ethyl adjacent to an activating group) is 1. The zero-order valence-electron chi connectivity index (χ0n) is 28.0. The molecule has 1 atom stereocenters. The molecule has 1 aromatic heterocycles. The molecular formula is C33H41ClF4N6O6. The number of halogens is 5. The fourth-order valence-corrected chi connectivity index (χ4v) is 5.31. The Morgan fingerprint density at radius 1 is 1.10 bits per heavy atom. The number of alkyl halides is 2. The Bertz CT molecular complexity index is 1580. The van der Waals surface area contributed by atoms with Crippen LogP contribution in [0, 0.1) is 17.6 Å². The van der Waals surface area contributed by atoms with Gasteiger partial charge in [-0.2, -0.15) is 13.2 Å². The molecule has 2 aliphatic heterocycles. The van der Waals surface area contributed by atoms with Gasteiger partial charge in [-0.3, -0.25) is 14.4 Å². The van der Waals surface area contributed by atoms with E-state index >= 15 is 0 Å². The van der Waals surface area contributed by atoms with Gasteiger partial charge < -0.3 is 40.1 Å². The molecule has 2 aromatic carbocycles. The first-order valence-corrected chi connectivity index (χ1v) is 16.1. The molecule has 4 N–H and O–H groups in total. The number of nitrogens with one attached hydrogen (secondary N) is 3. The number of aldehydes is 1. The highest BCUT2D eigenvalue weighted by Crippen LogP contribution is 2.31. The average molecular weight is 729 g/mol. The van der Waals surface area contributed by atoms with Crippen LogP contribution in [0.25, 0.3) is 11.3 Å². The van der Waals surface area contributed by atoms with Gasteiger partial charge in [-0.15, -0.1) is 0 Å². The minimum atomic E-state index is -3.33. The fourth-order valence-electron chi connectivity index (χ4n) is 5.05. The third kappa shape index (κ3) is 11.2. The maximum absolute atomic E-state index is 14.6. The predicted octanol–water partition coefficient (Wildman–Crippen LogP) is 5.22. The van der Waals surface area contributed by atoms with Crippen molar-refractivity contribution in [1.29, 1.82) is 0 Å². The summed E-state index contributed by atoms with van der Waals surface area (Å²) in [6.07, 6.45) is 4.47. The van der Waals surface area contributed by atoms with Crippen LogP contribution in [0.15, 0.2) is 36.5 Å². The number of likely N-dealkylation sites (tertiary alicyclic amines) is 1. The van der Waals surface area contributed by atoms with Gasteiger partial charge in [0, 0.05) is 49.9 Å². The van der Waals surface area contributed by atoms with Crippen LogP contribution in [0.4, 0.5) is 23.2 Å². The Morgan fingerprint density at radius 3 is 2.28 bits per heavy atom. The van der Waals surface area contributed by atoms with Crippen molar-refractivity contribution in [3.63, 3.8) is 0 Å². The second kappa shape index (κ2) is 20.9. The molecule has 0 spiro atoms. The van der Waals surface area contributed by atoms with Gasteiger partial charge in [0.2, 0.25) is 5.82 Å². The van der Waals surface area contributed by atoms with E-state index in [4.69, 9.17) is 21.5 Å². The maximum Gasteiger partial charge on any atom is 0.387 e. The molecule has 0 saturated carbocycles. The Labute approximate surface area is 292 Å². The minimum Gasteiger partial charge on any atom is -0.483 e. The number of nitrogens with zero attached hydrogens (tertiary/aromatic N) is 3. The molecule has 50 heavy (non-hydrogen) atoms.